The molecule has 0 aliphatic rings. The molecule has 0 saturated carbocycles. The van der Waals surface area contributed by atoms with Gasteiger partial charge in [0.1, 0.15) is 17.7 Å². The Balaban J connectivity index is 1.75. The second-order valence-corrected chi connectivity index (χ2v) is 9.79. The summed E-state index contributed by atoms with van der Waals surface area (Å²) < 4.78 is 39.7. The molecule has 0 aliphatic heterocycles. The molecule has 0 saturated heterocycles. The maximum atomic E-state index is 14.0. The first kappa shape index (κ1) is 23.1. The standard InChI is InChI=1S/C27H20N4O4S/c1-18-5-3-4-6-23(18)24-15-26(34-2)25(14-21(24)16-28)31(27-10-12-35-30-27)36(32,33)22-8-7-20-17-29-11-9-19(20)13-22/h3-15,17H,1-2H3. The summed E-state index contributed by atoms with van der Waals surface area (Å²) in [6.45, 7) is 1.94. The van der Waals surface area contributed by atoms with Crippen LogP contribution < -0.4 is 9.04 Å². The number of aryl methyl sites for hydroxylation is 1. The van der Waals surface area contributed by atoms with E-state index in [9.17, 15) is 13.7 Å². The molecule has 0 amide bonds. The van der Waals surface area contributed by atoms with Crippen LogP contribution in [-0.2, 0) is 10.0 Å². The number of aromatic nitrogens is 2. The van der Waals surface area contributed by atoms with Crippen molar-refractivity contribution in [3.8, 4) is 22.9 Å². The van der Waals surface area contributed by atoms with Crippen molar-refractivity contribution in [1.29, 1.82) is 5.26 Å². The molecular formula is C27H20N4O4S. The van der Waals surface area contributed by atoms with Crippen molar-refractivity contribution in [2.75, 3.05) is 11.4 Å². The van der Waals surface area contributed by atoms with Gasteiger partial charge in [0.2, 0.25) is 0 Å². The van der Waals surface area contributed by atoms with Gasteiger partial charge in [-0.05, 0) is 53.8 Å². The summed E-state index contributed by atoms with van der Waals surface area (Å²) in [6.07, 6.45) is 4.54. The molecule has 0 spiro atoms. The van der Waals surface area contributed by atoms with Gasteiger partial charge in [-0.1, -0.05) is 35.5 Å². The minimum Gasteiger partial charge on any atom is -0.495 e. The molecule has 0 fully saturated rings. The van der Waals surface area contributed by atoms with Gasteiger partial charge in [0.15, 0.2) is 5.82 Å². The first-order chi connectivity index (χ1) is 17.4. The van der Waals surface area contributed by atoms with Crippen molar-refractivity contribution in [3.05, 3.63) is 96.5 Å². The van der Waals surface area contributed by atoms with Gasteiger partial charge in [-0.15, -0.1) is 0 Å². The van der Waals surface area contributed by atoms with E-state index in [2.05, 4.69) is 16.2 Å². The molecule has 36 heavy (non-hydrogen) atoms. The van der Waals surface area contributed by atoms with E-state index in [1.54, 1.807) is 36.7 Å². The second kappa shape index (κ2) is 9.17. The van der Waals surface area contributed by atoms with Gasteiger partial charge in [-0.2, -0.15) is 5.26 Å². The van der Waals surface area contributed by atoms with Crippen molar-refractivity contribution in [2.24, 2.45) is 0 Å². The Labute approximate surface area is 208 Å². The van der Waals surface area contributed by atoms with Crippen LogP contribution >= 0.6 is 0 Å². The van der Waals surface area contributed by atoms with Crippen LogP contribution in [0.3, 0.4) is 0 Å². The number of anilines is 2. The molecule has 0 bridgehead atoms. The van der Waals surface area contributed by atoms with E-state index in [0.717, 1.165) is 20.8 Å². The summed E-state index contributed by atoms with van der Waals surface area (Å²) in [6, 6.07) is 20.9. The number of hydrogen-bond donors (Lipinski definition) is 0. The average Bonchev–Trinajstić information content (AvgIpc) is 3.42. The molecule has 8 nitrogen and oxygen atoms in total. The van der Waals surface area contributed by atoms with Crippen LogP contribution in [0.5, 0.6) is 5.75 Å². The molecule has 178 valence electrons. The fraction of sp³-hybridized carbons (Fsp3) is 0.0741. The lowest BCUT2D eigenvalue weighted by atomic mass is 9.95. The second-order valence-electron chi connectivity index (χ2n) is 8.01. The highest BCUT2D eigenvalue weighted by Gasteiger charge is 2.32. The van der Waals surface area contributed by atoms with Gasteiger partial charge in [0.05, 0.1) is 23.6 Å². The molecule has 0 atom stereocenters. The van der Waals surface area contributed by atoms with Crippen LogP contribution in [0.1, 0.15) is 11.1 Å². The number of hydrogen-bond acceptors (Lipinski definition) is 7. The maximum absolute atomic E-state index is 14.0. The minimum absolute atomic E-state index is 0.0238. The average molecular weight is 497 g/mol. The zero-order chi connectivity index (χ0) is 25.3. The molecule has 2 aromatic heterocycles. The van der Waals surface area contributed by atoms with E-state index in [0.29, 0.717) is 10.9 Å². The molecule has 0 aliphatic carbocycles. The van der Waals surface area contributed by atoms with Gasteiger partial charge in [0, 0.05) is 29.4 Å². The number of pyridine rings is 1. The van der Waals surface area contributed by atoms with Crippen molar-refractivity contribution in [3.63, 3.8) is 0 Å². The number of fused-ring (bicyclic) bond motifs is 1. The van der Waals surface area contributed by atoms with E-state index in [-0.39, 0.29) is 27.7 Å². The van der Waals surface area contributed by atoms with Crippen molar-refractivity contribution in [1.82, 2.24) is 10.1 Å². The highest BCUT2D eigenvalue weighted by Crippen LogP contribution is 2.42. The summed E-state index contributed by atoms with van der Waals surface area (Å²) in [7, 11) is -2.76. The normalized spacial score (nSPS) is 11.2. The van der Waals surface area contributed by atoms with Gasteiger partial charge in [-0.25, -0.2) is 12.7 Å². The molecule has 9 heteroatoms. The predicted octanol–water partition coefficient (Wildman–Crippen LogP) is 5.61. The summed E-state index contributed by atoms with van der Waals surface area (Å²) in [5, 5.41) is 15.4. The van der Waals surface area contributed by atoms with E-state index >= 15 is 0 Å². The Morgan fingerprint density at radius 1 is 1.00 bits per heavy atom. The zero-order valence-corrected chi connectivity index (χ0v) is 20.2. The lowest BCUT2D eigenvalue weighted by molar-refractivity contribution is 0.414. The Hall–Kier alpha value is -4.68. The number of nitriles is 1. The van der Waals surface area contributed by atoms with Crippen LogP contribution in [0.4, 0.5) is 11.5 Å². The van der Waals surface area contributed by atoms with Crippen LogP contribution in [0.25, 0.3) is 21.9 Å². The third-order valence-electron chi connectivity index (χ3n) is 5.88. The topological polar surface area (TPSA) is 109 Å². The van der Waals surface area contributed by atoms with Gasteiger partial charge < -0.3 is 9.26 Å². The highest BCUT2D eigenvalue weighted by atomic mass is 32.2. The number of benzene rings is 3. The lowest BCUT2D eigenvalue weighted by Gasteiger charge is -2.25. The minimum atomic E-state index is -4.21. The van der Waals surface area contributed by atoms with Gasteiger partial charge in [-0.3, -0.25) is 4.98 Å². The van der Waals surface area contributed by atoms with Crippen molar-refractivity contribution >= 4 is 32.3 Å². The fourth-order valence-electron chi connectivity index (χ4n) is 4.10. The van der Waals surface area contributed by atoms with Crippen LogP contribution in [0, 0.1) is 18.3 Å². The van der Waals surface area contributed by atoms with E-state index in [4.69, 9.17) is 9.26 Å². The Morgan fingerprint density at radius 3 is 2.56 bits per heavy atom. The number of sulfonamides is 1. The molecule has 0 N–H and O–H groups in total. The Morgan fingerprint density at radius 2 is 1.83 bits per heavy atom. The van der Waals surface area contributed by atoms with E-state index < -0.39 is 10.0 Å². The summed E-state index contributed by atoms with van der Waals surface area (Å²) >= 11 is 0. The summed E-state index contributed by atoms with van der Waals surface area (Å²) in [4.78, 5) is 4.11. The molecule has 5 aromatic rings. The van der Waals surface area contributed by atoms with E-state index in [1.165, 1.54) is 31.6 Å². The molecular weight excluding hydrogens is 476 g/mol. The number of rotatable bonds is 6. The number of nitrogens with zero attached hydrogens (tertiary/aromatic N) is 4. The highest BCUT2D eigenvalue weighted by molar-refractivity contribution is 7.93. The first-order valence-electron chi connectivity index (χ1n) is 10.9. The molecule has 0 unspecified atom stereocenters. The Kier molecular flexibility index (Phi) is 5.88. The van der Waals surface area contributed by atoms with Crippen LogP contribution in [-0.4, -0.2) is 25.7 Å². The van der Waals surface area contributed by atoms with Crippen LogP contribution in [0.2, 0.25) is 0 Å². The van der Waals surface area contributed by atoms with Gasteiger partial charge in [0.25, 0.3) is 10.0 Å². The number of methoxy groups -OCH3 is 1. The van der Waals surface area contributed by atoms with Crippen molar-refractivity contribution < 1.29 is 17.7 Å². The monoisotopic (exact) mass is 496 g/mol. The summed E-state index contributed by atoms with van der Waals surface area (Å²) in [5.74, 6) is 0.277. The molecule has 3 aromatic carbocycles. The first-order valence-corrected chi connectivity index (χ1v) is 12.4. The lowest BCUT2D eigenvalue weighted by Crippen LogP contribution is -2.27. The maximum Gasteiger partial charge on any atom is 0.270 e. The van der Waals surface area contributed by atoms with Gasteiger partial charge >= 0.3 is 0 Å². The molecule has 5 rings (SSSR count). The largest absolute Gasteiger partial charge is 0.495 e. The molecule has 0 radical (unpaired) electrons. The third-order valence-corrected chi connectivity index (χ3v) is 7.59. The third kappa shape index (κ3) is 3.93. The van der Waals surface area contributed by atoms with Crippen molar-refractivity contribution in [2.45, 2.75) is 11.8 Å². The Bertz CT molecular complexity index is 1730. The fourth-order valence-corrected chi connectivity index (χ4v) is 5.56. The SMILES string of the molecule is COc1cc(-c2ccccc2C)c(C#N)cc1N(c1ccon1)S(=O)(=O)c1ccc2cnccc2c1. The van der Waals surface area contributed by atoms with Crippen LogP contribution in [0.15, 0.2) is 94.8 Å². The molecule has 2 heterocycles. The van der Waals surface area contributed by atoms with E-state index in [1.807, 2.05) is 31.2 Å². The summed E-state index contributed by atoms with van der Waals surface area (Å²) in [5.41, 5.74) is 2.86. The quantitative estimate of drug-likeness (QED) is 0.301. The predicted molar refractivity (Wildman–Crippen MR) is 135 cm³/mol. The smallest absolute Gasteiger partial charge is 0.270 e. The number of ether oxygens (including phenoxy) is 1. The zero-order valence-electron chi connectivity index (χ0n) is 19.4.